The molecule has 4 aromatic rings. The van der Waals surface area contributed by atoms with Gasteiger partial charge in [-0.25, -0.2) is 22.9 Å². The number of nitrogen functional groups attached to an aromatic ring is 1. The Morgan fingerprint density at radius 2 is 1.93 bits per heavy atom. The first-order chi connectivity index (χ1) is 19.6. The number of hydroxylamine groups is 1. The number of fused-ring (bicyclic) bond motifs is 2. The summed E-state index contributed by atoms with van der Waals surface area (Å²) in [6.45, 7) is 0.340. The second kappa shape index (κ2) is 9.71. The van der Waals surface area contributed by atoms with Crippen molar-refractivity contribution in [3.63, 3.8) is 0 Å². The number of hydrogen-bond acceptors (Lipinski definition) is 8. The second-order valence-electron chi connectivity index (χ2n) is 9.34. The fourth-order valence-electron chi connectivity index (χ4n) is 5.05. The van der Waals surface area contributed by atoms with Gasteiger partial charge in [0.05, 0.1) is 41.0 Å². The minimum absolute atomic E-state index is 0.134. The maximum Gasteiger partial charge on any atom is 0.341 e. The molecule has 0 saturated carbocycles. The van der Waals surface area contributed by atoms with Crippen molar-refractivity contribution in [1.82, 2.24) is 15.0 Å². The standard InChI is InChI=1S/C27H19ClF3N5O5/c1-40-12-4-2-11(3-5-12)21-14-8-35(10-19(14)41-34-21)23-16(29)6-13-22(20(23)28)36(9-15(24(13)37)27(38)39)26-18(31)7-17(30)25(32)33-26/h2-7,9,19,34H,8,10H2,1H3,(H2,32,33)(H,38,39). The van der Waals surface area contributed by atoms with Gasteiger partial charge in [-0.15, -0.1) is 0 Å². The lowest BCUT2D eigenvalue weighted by Crippen LogP contribution is -2.27. The lowest BCUT2D eigenvalue weighted by molar-refractivity contribution is 0.0578. The Morgan fingerprint density at radius 1 is 1.20 bits per heavy atom. The van der Waals surface area contributed by atoms with Crippen LogP contribution in [0.15, 0.2) is 53.0 Å². The van der Waals surface area contributed by atoms with Gasteiger partial charge in [0.2, 0.25) is 5.43 Å². The van der Waals surface area contributed by atoms with Crippen molar-refractivity contribution in [3.05, 3.63) is 92.0 Å². The number of nitrogens with one attached hydrogen (secondary N) is 1. The summed E-state index contributed by atoms with van der Waals surface area (Å²) in [5.41, 5.74) is 8.51. The van der Waals surface area contributed by atoms with Gasteiger partial charge in [0.1, 0.15) is 23.2 Å². The van der Waals surface area contributed by atoms with E-state index in [0.29, 0.717) is 17.5 Å². The highest BCUT2D eigenvalue weighted by molar-refractivity contribution is 6.38. The molecule has 10 nitrogen and oxygen atoms in total. The highest BCUT2D eigenvalue weighted by Crippen LogP contribution is 2.41. The minimum atomic E-state index is -1.66. The van der Waals surface area contributed by atoms with Gasteiger partial charge >= 0.3 is 5.97 Å². The summed E-state index contributed by atoms with van der Waals surface area (Å²) in [6, 6.07) is 8.52. The third-order valence-corrected chi connectivity index (χ3v) is 7.37. The molecular formula is C27H19ClF3N5O5. The second-order valence-corrected chi connectivity index (χ2v) is 9.72. The summed E-state index contributed by atoms with van der Waals surface area (Å²) in [4.78, 5) is 35.9. The predicted octanol–water partition coefficient (Wildman–Crippen LogP) is 3.88. The molecule has 2 aromatic carbocycles. The number of anilines is 2. The number of rotatable bonds is 5. The van der Waals surface area contributed by atoms with E-state index in [1.54, 1.807) is 24.1 Å². The molecule has 2 aliphatic heterocycles. The molecule has 4 N–H and O–H groups in total. The topological polar surface area (TPSA) is 132 Å². The number of nitrogens with zero attached hydrogens (tertiary/aromatic N) is 3. The van der Waals surface area contributed by atoms with Gasteiger partial charge in [0, 0.05) is 29.9 Å². The number of halogens is 4. The highest BCUT2D eigenvalue weighted by Gasteiger charge is 2.38. The summed E-state index contributed by atoms with van der Waals surface area (Å²) < 4.78 is 50.5. The Balaban J connectivity index is 1.53. The number of benzene rings is 2. The first-order valence-electron chi connectivity index (χ1n) is 12.1. The van der Waals surface area contributed by atoms with E-state index in [2.05, 4.69) is 10.5 Å². The van der Waals surface area contributed by atoms with Crippen molar-refractivity contribution >= 4 is 45.7 Å². The first-order valence-corrected chi connectivity index (χ1v) is 12.4. The Morgan fingerprint density at radius 3 is 2.61 bits per heavy atom. The molecule has 0 radical (unpaired) electrons. The molecule has 6 rings (SSSR count). The smallest absolute Gasteiger partial charge is 0.341 e. The van der Waals surface area contributed by atoms with Crippen molar-refractivity contribution in [3.8, 4) is 11.6 Å². The summed E-state index contributed by atoms with van der Waals surface area (Å²) in [7, 11) is 1.55. The van der Waals surface area contributed by atoms with Gasteiger partial charge in [0.25, 0.3) is 0 Å². The largest absolute Gasteiger partial charge is 0.497 e. The number of methoxy groups -OCH3 is 1. The van der Waals surface area contributed by atoms with Crippen LogP contribution in [0.25, 0.3) is 22.4 Å². The van der Waals surface area contributed by atoms with E-state index < -0.39 is 57.5 Å². The number of carboxylic acid groups (broad SMARTS) is 1. The van der Waals surface area contributed by atoms with Crippen LogP contribution in [0.5, 0.6) is 5.75 Å². The van der Waals surface area contributed by atoms with Crippen LogP contribution < -0.4 is 26.3 Å². The Bertz CT molecular complexity index is 1860. The number of nitrogens with two attached hydrogens (primary N) is 1. The molecule has 1 atom stereocenters. The first kappa shape index (κ1) is 26.5. The van der Waals surface area contributed by atoms with Crippen molar-refractivity contribution in [1.29, 1.82) is 0 Å². The lowest BCUT2D eigenvalue weighted by atomic mass is 10.1. The Hall–Kier alpha value is -4.75. The molecule has 4 heterocycles. The van der Waals surface area contributed by atoms with Crippen LogP contribution in [-0.2, 0) is 4.84 Å². The monoisotopic (exact) mass is 585 g/mol. The van der Waals surface area contributed by atoms with Gasteiger partial charge in [-0.2, -0.15) is 0 Å². The third-order valence-electron chi connectivity index (χ3n) is 7.01. The molecule has 2 aliphatic rings. The van der Waals surface area contributed by atoms with Crippen LogP contribution in [0.4, 0.5) is 24.7 Å². The van der Waals surface area contributed by atoms with Gasteiger partial charge in [-0.3, -0.25) is 19.7 Å². The Labute approximate surface area is 233 Å². The van der Waals surface area contributed by atoms with Gasteiger partial charge in [-0.05, 0) is 30.3 Å². The zero-order chi connectivity index (χ0) is 29.2. The molecule has 0 amide bonds. The van der Waals surface area contributed by atoms with E-state index in [1.807, 2.05) is 12.1 Å². The molecule has 1 unspecified atom stereocenters. The molecule has 210 valence electrons. The van der Waals surface area contributed by atoms with E-state index >= 15 is 4.39 Å². The highest BCUT2D eigenvalue weighted by atomic mass is 35.5. The summed E-state index contributed by atoms with van der Waals surface area (Å²) in [5.74, 6) is -5.59. The summed E-state index contributed by atoms with van der Waals surface area (Å²) >= 11 is 6.72. The number of aromatic nitrogens is 2. The van der Waals surface area contributed by atoms with Crippen LogP contribution in [0, 0.1) is 17.5 Å². The number of carbonyl (C=O) groups is 1. The quantitative estimate of drug-likeness (QED) is 0.319. The number of aromatic carboxylic acids is 1. The predicted molar refractivity (Wildman–Crippen MR) is 144 cm³/mol. The average Bonchev–Trinajstić information content (AvgIpc) is 3.52. The molecule has 1 saturated heterocycles. The molecule has 41 heavy (non-hydrogen) atoms. The van der Waals surface area contributed by atoms with Crippen LogP contribution in [0.3, 0.4) is 0 Å². The van der Waals surface area contributed by atoms with Crippen molar-refractivity contribution in [2.24, 2.45) is 0 Å². The fourth-order valence-corrected chi connectivity index (χ4v) is 5.45. The maximum atomic E-state index is 15.7. The van der Waals surface area contributed by atoms with Crippen molar-refractivity contribution < 1.29 is 32.6 Å². The van der Waals surface area contributed by atoms with Crippen LogP contribution in [0.2, 0.25) is 5.02 Å². The van der Waals surface area contributed by atoms with E-state index in [9.17, 15) is 23.5 Å². The van der Waals surface area contributed by atoms with Crippen molar-refractivity contribution in [2.75, 3.05) is 30.8 Å². The van der Waals surface area contributed by atoms with E-state index in [0.717, 1.165) is 28.0 Å². The number of hydrogen-bond donors (Lipinski definition) is 3. The molecule has 14 heteroatoms. The number of ether oxygens (including phenoxy) is 1. The van der Waals surface area contributed by atoms with E-state index in [4.69, 9.17) is 26.9 Å². The number of carboxylic acids is 1. The molecule has 0 aliphatic carbocycles. The zero-order valence-electron chi connectivity index (χ0n) is 21.0. The van der Waals surface area contributed by atoms with Gasteiger partial charge < -0.3 is 20.5 Å². The third kappa shape index (κ3) is 4.21. The van der Waals surface area contributed by atoms with Crippen LogP contribution in [-0.4, -0.2) is 46.9 Å². The summed E-state index contributed by atoms with van der Waals surface area (Å²) in [5, 5.41) is 8.82. The van der Waals surface area contributed by atoms with Crippen molar-refractivity contribution in [2.45, 2.75) is 6.10 Å². The maximum absolute atomic E-state index is 15.7. The molecule has 0 bridgehead atoms. The zero-order valence-corrected chi connectivity index (χ0v) is 21.8. The summed E-state index contributed by atoms with van der Waals surface area (Å²) in [6.07, 6.45) is 0.324. The molecule has 0 spiro atoms. The minimum Gasteiger partial charge on any atom is -0.497 e. The van der Waals surface area contributed by atoms with E-state index in [-0.39, 0.29) is 29.3 Å². The average molecular weight is 586 g/mol. The van der Waals surface area contributed by atoms with Crippen LogP contribution in [0.1, 0.15) is 15.9 Å². The SMILES string of the molecule is COc1ccc(C2=C3CN(c4c(F)cc5c(=O)c(C(=O)O)cn(-c6nc(N)c(F)cc6F)c5c4Cl)CC3ON2)cc1. The molecular weight excluding hydrogens is 567 g/mol. The van der Waals surface area contributed by atoms with E-state index in [1.165, 1.54) is 0 Å². The molecule has 2 aromatic heterocycles. The van der Waals surface area contributed by atoms with Crippen LogP contribution >= 0.6 is 11.6 Å². The molecule has 1 fully saturated rings. The van der Waals surface area contributed by atoms with Gasteiger partial charge in [0.15, 0.2) is 23.3 Å². The number of pyridine rings is 2. The van der Waals surface area contributed by atoms with Gasteiger partial charge in [-0.1, -0.05) is 11.6 Å². The fraction of sp³-hybridized carbons (Fsp3) is 0.148. The normalized spacial score (nSPS) is 16.3. The lowest BCUT2D eigenvalue weighted by Gasteiger charge is -2.23. The Kier molecular flexibility index (Phi) is 6.27.